The van der Waals surface area contributed by atoms with Gasteiger partial charge in [0.1, 0.15) is 0 Å². The van der Waals surface area contributed by atoms with Crippen LogP contribution in [0, 0.1) is 5.92 Å². The highest BCUT2D eigenvalue weighted by atomic mass is 16.5. The Kier molecular flexibility index (Phi) is 4.19. The van der Waals surface area contributed by atoms with Crippen molar-refractivity contribution in [2.45, 2.75) is 57.1 Å². The molecule has 2 aliphatic rings. The molecule has 1 aromatic heterocycles. The number of hydrogen-bond acceptors (Lipinski definition) is 4. The van der Waals surface area contributed by atoms with Gasteiger partial charge in [-0.05, 0) is 37.7 Å². The number of nitrogens with one attached hydrogen (secondary N) is 1. The lowest BCUT2D eigenvalue weighted by molar-refractivity contribution is -0.181. The normalized spacial score (nSPS) is 30.2. The minimum absolute atomic E-state index is 0.00360. The maximum atomic E-state index is 12.4. The van der Waals surface area contributed by atoms with Crippen molar-refractivity contribution in [2.24, 2.45) is 5.92 Å². The second-order valence-electron chi connectivity index (χ2n) is 7.00. The Labute approximate surface area is 135 Å². The monoisotopic (exact) mass is 321 g/mol. The average Bonchev–Trinajstić information content (AvgIpc) is 2.94. The molecule has 0 radical (unpaired) electrons. The van der Waals surface area contributed by atoms with E-state index in [0.29, 0.717) is 31.6 Å². The van der Waals surface area contributed by atoms with Crippen LogP contribution in [0.3, 0.4) is 0 Å². The van der Waals surface area contributed by atoms with Gasteiger partial charge in [-0.25, -0.2) is 0 Å². The summed E-state index contributed by atoms with van der Waals surface area (Å²) in [6.45, 7) is 4.59. The second-order valence-corrected chi connectivity index (χ2v) is 7.00. The fourth-order valence-electron chi connectivity index (χ4n) is 3.66. The standard InChI is InChI=1S/C17H23NO5/c1-10(2)13-4-5-22-14(13)15(19)18-12-3-6-23-17(9-12)7-11(8-17)16(20)21/h4-5,10-12H,3,6-9H2,1-2H3,(H,18,19)(H,20,21). The third-order valence-electron chi connectivity index (χ3n) is 4.94. The van der Waals surface area contributed by atoms with E-state index in [1.807, 2.05) is 19.9 Å². The Balaban J connectivity index is 1.61. The summed E-state index contributed by atoms with van der Waals surface area (Å²) in [6.07, 6.45) is 4.02. The number of aliphatic carboxylic acids is 1. The number of ether oxygens (including phenoxy) is 1. The molecule has 6 nitrogen and oxygen atoms in total. The molecular formula is C17H23NO5. The minimum atomic E-state index is -0.762. The quantitative estimate of drug-likeness (QED) is 0.889. The SMILES string of the molecule is CC(C)c1ccoc1C(=O)NC1CCOC2(C1)CC(C(=O)O)C2. The molecular weight excluding hydrogens is 298 g/mol. The molecule has 1 aliphatic carbocycles. The lowest BCUT2D eigenvalue weighted by Crippen LogP contribution is -2.56. The van der Waals surface area contributed by atoms with Crippen LogP contribution in [0.15, 0.2) is 16.7 Å². The van der Waals surface area contributed by atoms with Crippen molar-refractivity contribution in [3.63, 3.8) is 0 Å². The van der Waals surface area contributed by atoms with Crippen LogP contribution in [0.1, 0.15) is 61.6 Å². The molecule has 2 fully saturated rings. The average molecular weight is 321 g/mol. The Morgan fingerprint density at radius 3 is 2.74 bits per heavy atom. The first-order chi connectivity index (χ1) is 10.9. The van der Waals surface area contributed by atoms with Crippen molar-refractivity contribution >= 4 is 11.9 Å². The van der Waals surface area contributed by atoms with Gasteiger partial charge in [0, 0.05) is 18.2 Å². The second kappa shape index (κ2) is 6.00. The van der Waals surface area contributed by atoms with Crippen LogP contribution in [0.25, 0.3) is 0 Å². The van der Waals surface area contributed by atoms with E-state index in [1.54, 1.807) is 6.26 Å². The first-order valence-corrected chi connectivity index (χ1v) is 8.15. The van der Waals surface area contributed by atoms with E-state index < -0.39 is 5.97 Å². The Morgan fingerprint density at radius 2 is 2.09 bits per heavy atom. The van der Waals surface area contributed by atoms with E-state index in [-0.39, 0.29) is 29.4 Å². The number of furan rings is 1. The summed E-state index contributed by atoms with van der Waals surface area (Å²) in [7, 11) is 0. The summed E-state index contributed by atoms with van der Waals surface area (Å²) in [5.74, 6) is -0.685. The molecule has 1 saturated carbocycles. The molecule has 0 aromatic carbocycles. The molecule has 1 amide bonds. The largest absolute Gasteiger partial charge is 0.481 e. The van der Waals surface area contributed by atoms with E-state index in [1.165, 1.54) is 0 Å². The molecule has 0 bridgehead atoms. The van der Waals surface area contributed by atoms with E-state index in [0.717, 1.165) is 12.0 Å². The van der Waals surface area contributed by atoms with Crippen molar-refractivity contribution in [1.82, 2.24) is 5.32 Å². The summed E-state index contributed by atoms with van der Waals surface area (Å²) < 4.78 is 11.2. The summed E-state index contributed by atoms with van der Waals surface area (Å²) in [5.41, 5.74) is 0.530. The van der Waals surface area contributed by atoms with E-state index >= 15 is 0 Å². The molecule has 126 valence electrons. The minimum Gasteiger partial charge on any atom is -0.481 e. The molecule has 23 heavy (non-hydrogen) atoms. The Morgan fingerprint density at radius 1 is 1.35 bits per heavy atom. The molecule has 1 aliphatic heterocycles. The fraction of sp³-hybridized carbons (Fsp3) is 0.647. The lowest BCUT2D eigenvalue weighted by atomic mass is 9.66. The zero-order valence-electron chi connectivity index (χ0n) is 13.5. The number of carbonyl (C=O) groups is 2. The smallest absolute Gasteiger partial charge is 0.306 e. The van der Waals surface area contributed by atoms with Crippen LogP contribution >= 0.6 is 0 Å². The highest BCUT2D eigenvalue weighted by Crippen LogP contribution is 2.46. The van der Waals surface area contributed by atoms with Crippen molar-refractivity contribution in [2.75, 3.05) is 6.61 Å². The molecule has 1 spiro atoms. The van der Waals surface area contributed by atoms with E-state index in [9.17, 15) is 9.59 Å². The van der Waals surface area contributed by atoms with Gasteiger partial charge in [0.05, 0.1) is 17.8 Å². The van der Waals surface area contributed by atoms with Crippen molar-refractivity contribution in [3.8, 4) is 0 Å². The van der Waals surface area contributed by atoms with Crippen LogP contribution in [0.5, 0.6) is 0 Å². The maximum absolute atomic E-state index is 12.4. The van der Waals surface area contributed by atoms with Crippen molar-refractivity contribution in [3.05, 3.63) is 23.7 Å². The number of rotatable bonds is 4. The number of amides is 1. The molecule has 1 atom stereocenters. The molecule has 2 N–H and O–H groups in total. The van der Waals surface area contributed by atoms with Crippen LogP contribution in [0.4, 0.5) is 0 Å². The molecule has 3 rings (SSSR count). The van der Waals surface area contributed by atoms with Gasteiger partial charge in [0.15, 0.2) is 5.76 Å². The van der Waals surface area contributed by atoms with Crippen molar-refractivity contribution < 1.29 is 23.8 Å². The molecule has 1 saturated heterocycles. The van der Waals surface area contributed by atoms with Gasteiger partial charge < -0.3 is 19.6 Å². The van der Waals surface area contributed by atoms with Gasteiger partial charge in [-0.1, -0.05) is 13.8 Å². The third kappa shape index (κ3) is 3.13. The Hall–Kier alpha value is -1.82. The first kappa shape index (κ1) is 16.1. The molecule has 1 aromatic rings. The highest BCUT2D eigenvalue weighted by molar-refractivity contribution is 5.93. The first-order valence-electron chi connectivity index (χ1n) is 8.15. The maximum Gasteiger partial charge on any atom is 0.306 e. The molecule has 6 heteroatoms. The van der Waals surface area contributed by atoms with Crippen LogP contribution < -0.4 is 5.32 Å². The fourth-order valence-corrected chi connectivity index (χ4v) is 3.66. The summed E-state index contributed by atoms with van der Waals surface area (Å²) >= 11 is 0. The summed E-state index contributed by atoms with van der Waals surface area (Å²) in [6, 6.07) is 1.82. The highest BCUT2D eigenvalue weighted by Gasteiger charge is 2.51. The third-order valence-corrected chi connectivity index (χ3v) is 4.94. The van der Waals surface area contributed by atoms with Gasteiger partial charge in [0.2, 0.25) is 0 Å². The van der Waals surface area contributed by atoms with Gasteiger partial charge in [-0.3, -0.25) is 9.59 Å². The summed E-state index contributed by atoms with van der Waals surface area (Å²) in [5, 5.41) is 12.1. The Bertz CT molecular complexity index is 600. The molecule has 2 heterocycles. The van der Waals surface area contributed by atoms with Crippen LogP contribution in [-0.4, -0.2) is 35.2 Å². The number of carbonyl (C=O) groups excluding carboxylic acids is 1. The van der Waals surface area contributed by atoms with Gasteiger partial charge in [0.25, 0.3) is 5.91 Å². The van der Waals surface area contributed by atoms with Gasteiger partial charge in [-0.2, -0.15) is 0 Å². The van der Waals surface area contributed by atoms with E-state index in [4.69, 9.17) is 14.3 Å². The predicted octanol–water partition coefficient (Wildman–Crippen LogP) is 2.55. The zero-order valence-corrected chi connectivity index (χ0v) is 13.5. The topological polar surface area (TPSA) is 88.8 Å². The zero-order chi connectivity index (χ0) is 16.6. The lowest BCUT2D eigenvalue weighted by Gasteiger charge is -2.50. The van der Waals surface area contributed by atoms with E-state index in [2.05, 4.69) is 5.32 Å². The van der Waals surface area contributed by atoms with Crippen LogP contribution in [-0.2, 0) is 9.53 Å². The number of carboxylic acids is 1. The number of hydrogen-bond donors (Lipinski definition) is 2. The number of carboxylic acid groups (broad SMARTS) is 1. The predicted molar refractivity (Wildman–Crippen MR) is 82.3 cm³/mol. The molecule has 1 unspecified atom stereocenters. The van der Waals surface area contributed by atoms with Gasteiger partial charge in [-0.15, -0.1) is 0 Å². The van der Waals surface area contributed by atoms with Crippen molar-refractivity contribution in [1.29, 1.82) is 0 Å². The van der Waals surface area contributed by atoms with Crippen LogP contribution in [0.2, 0.25) is 0 Å². The summed E-state index contributed by atoms with van der Waals surface area (Å²) in [4.78, 5) is 23.4. The van der Waals surface area contributed by atoms with Gasteiger partial charge >= 0.3 is 5.97 Å².